The molecule has 0 spiro atoms. The van der Waals surface area contributed by atoms with Crippen LogP contribution in [-0.4, -0.2) is 34.3 Å². The maximum absolute atomic E-state index is 13.1. The monoisotopic (exact) mass is 500 g/mol. The van der Waals surface area contributed by atoms with Gasteiger partial charge in [-0.25, -0.2) is 4.39 Å². The van der Waals surface area contributed by atoms with E-state index in [0.717, 1.165) is 24.4 Å². The average molecular weight is 500 g/mol. The molecule has 6 nitrogen and oxygen atoms in total. The summed E-state index contributed by atoms with van der Waals surface area (Å²) in [6.07, 6.45) is -2.26. The van der Waals surface area contributed by atoms with Crippen LogP contribution in [0.15, 0.2) is 29.5 Å². The van der Waals surface area contributed by atoms with Gasteiger partial charge in [-0.1, -0.05) is 13.0 Å². The predicted octanol–water partition coefficient (Wildman–Crippen LogP) is 2.98. The van der Waals surface area contributed by atoms with E-state index in [9.17, 15) is 17.6 Å². The quantitative estimate of drug-likeness (QED) is 0.277. The second-order valence-corrected chi connectivity index (χ2v) is 5.45. The highest BCUT2D eigenvalue weighted by Crippen LogP contribution is 2.32. The van der Waals surface area contributed by atoms with Gasteiger partial charge in [-0.2, -0.15) is 13.2 Å². The van der Waals surface area contributed by atoms with Crippen LogP contribution in [-0.2, 0) is 25.7 Å². The number of aliphatic imine (C=N–C) groups is 1. The number of hydrogen-bond acceptors (Lipinski definition) is 3. The van der Waals surface area contributed by atoms with E-state index < -0.39 is 17.6 Å². The van der Waals surface area contributed by atoms with E-state index in [0.29, 0.717) is 25.1 Å². The third-order valence-corrected chi connectivity index (χ3v) is 3.70. The molecule has 0 radical (unpaired) electrons. The first-order valence-corrected chi connectivity index (χ1v) is 8.02. The van der Waals surface area contributed by atoms with Crippen molar-refractivity contribution in [2.75, 3.05) is 13.6 Å². The molecule has 0 unspecified atom stereocenters. The average Bonchev–Trinajstić information content (AvgIpc) is 3.05. The molecular formula is C16H21F4IN6. The van der Waals surface area contributed by atoms with Gasteiger partial charge >= 0.3 is 6.18 Å². The number of guanidine groups is 1. The van der Waals surface area contributed by atoms with Crippen molar-refractivity contribution in [3.8, 4) is 0 Å². The molecule has 0 atom stereocenters. The smallest absolute Gasteiger partial charge is 0.355 e. The summed E-state index contributed by atoms with van der Waals surface area (Å²) in [4.78, 5) is 3.97. The minimum absolute atomic E-state index is 0. The largest absolute Gasteiger partial charge is 0.416 e. The molecule has 0 aliphatic heterocycles. The van der Waals surface area contributed by atoms with E-state index >= 15 is 0 Å². The summed E-state index contributed by atoms with van der Waals surface area (Å²) in [6.45, 7) is 2.90. The maximum Gasteiger partial charge on any atom is 0.416 e. The standard InChI is InChI=1S/C16H20F4N6.HI/c1-3-14-25-24-10-26(14)7-6-22-15(21-2)23-9-11-4-5-12(17)8-13(11)16(18,19)20;/h4-5,8,10H,3,6-7,9H2,1-2H3,(H2,21,22,23);1H. The van der Waals surface area contributed by atoms with Gasteiger partial charge in [-0.05, 0) is 17.7 Å². The van der Waals surface area contributed by atoms with Crippen LogP contribution >= 0.6 is 24.0 Å². The molecule has 150 valence electrons. The second kappa shape index (κ2) is 10.4. The van der Waals surface area contributed by atoms with Crippen LogP contribution in [0.2, 0.25) is 0 Å². The van der Waals surface area contributed by atoms with Gasteiger partial charge in [0.2, 0.25) is 0 Å². The molecular weight excluding hydrogens is 479 g/mol. The third kappa shape index (κ3) is 6.63. The van der Waals surface area contributed by atoms with E-state index in [4.69, 9.17) is 0 Å². The van der Waals surface area contributed by atoms with E-state index in [1.165, 1.54) is 7.05 Å². The first kappa shape index (κ1) is 23.1. The molecule has 11 heteroatoms. The van der Waals surface area contributed by atoms with Gasteiger partial charge in [0.15, 0.2) is 5.96 Å². The summed E-state index contributed by atoms with van der Waals surface area (Å²) in [5.74, 6) is 0.258. The van der Waals surface area contributed by atoms with Crippen LogP contribution < -0.4 is 10.6 Å². The Morgan fingerprint density at radius 1 is 1.26 bits per heavy atom. The van der Waals surface area contributed by atoms with Crippen LogP contribution in [0.5, 0.6) is 0 Å². The lowest BCUT2D eigenvalue weighted by molar-refractivity contribution is -0.138. The van der Waals surface area contributed by atoms with E-state index in [1.54, 1.807) is 6.33 Å². The van der Waals surface area contributed by atoms with Crippen molar-refractivity contribution >= 4 is 29.9 Å². The molecule has 1 aromatic heterocycles. The number of aromatic nitrogens is 3. The van der Waals surface area contributed by atoms with Crippen molar-refractivity contribution in [2.45, 2.75) is 32.6 Å². The zero-order valence-electron chi connectivity index (χ0n) is 14.8. The number of benzene rings is 1. The Hall–Kier alpha value is -1.92. The summed E-state index contributed by atoms with van der Waals surface area (Å²) in [6, 6.07) is 2.61. The van der Waals surface area contributed by atoms with Crippen molar-refractivity contribution in [3.05, 3.63) is 47.3 Å². The number of aryl methyl sites for hydroxylation is 1. The highest BCUT2D eigenvalue weighted by atomic mass is 127. The van der Waals surface area contributed by atoms with E-state index in [1.807, 2.05) is 11.5 Å². The molecule has 0 saturated carbocycles. The lowest BCUT2D eigenvalue weighted by Crippen LogP contribution is -2.38. The molecule has 0 fully saturated rings. The van der Waals surface area contributed by atoms with Gasteiger partial charge < -0.3 is 15.2 Å². The van der Waals surface area contributed by atoms with Gasteiger partial charge in [-0.3, -0.25) is 4.99 Å². The van der Waals surface area contributed by atoms with Gasteiger partial charge in [0, 0.05) is 33.1 Å². The van der Waals surface area contributed by atoms with Gasteiger partial charge in [0.1, 0.15) is 18.0 Å². The van der Waals surface area contributed by atoms with Crippen molar-refractivity contribution in [3.63, 3.8) is 0 Å². The Labute approximate surface area is 171 Å². The SMILES string of the molecule is CCc1nncn1CCNC(=NC)NCc1ccc(F)cc1C(F)(F)F.I. The molecule has 0 aliphatic rings. The molecule has 1 heterocycles. The normalized spacial score (nSPS) is 11.9. The zero-order valence-corrected chi connectivity index (χ0v) is 17.2. The number of halogens is 5. The van der Waals surface area contributed by atoms with Crippen molar-refractivity contribution in [1.82, 2.24) is 25.4 Å². The van der Waals surface area contributed by atoms with Gasteiger partial charge in [0.05, 0.1) is 5.56 Å². The zero-order chi connectivity index (χ0) is 19.2. The highest BCUT2D eigenvalue weighted by molar-refractivity contribution is 14.0. The first-order valence-electron chi connectivity index (χ1n) is 8.02. The predicted molar refractivity (Wildman–Crippen MR) is 104 cm³/mol. The minimum atomic E-state index is -4.62. The molecule has 2 rings (SSSR count). The lowest BCUT2D eigenvalue weighted by Gasteiger charge is -2.16. The fourth-order valence-corrected chi connectivity index (χ4v) is 2.40. The topological polar surface area (TPSA) is 67.1 Å². The number of nitrogens with zero attached hydrogens (tertiary/aromatic N) is 4. The van der Waals surface area contributed by atoms with Crippen LogP contribution in [0.25, 0.3) is 0 Å². The summed E-state index contributed by atoms with van der Waals surface area (Å²) in [5, 5.41) is 13.6. The van der Waals surface area contributed by atoms with Crippen LogP contribution in [0.4, 0.5) is 17.6 Å². The lowest BCUT2D eigenvalue weighted by atomic mass is 10.1. The molecule has 2 N–H and O–H groups in total. The Balaban J connectivity index is 0.00000364. The molecule has 0 bridgehead atoms. The molecule has 0 saturated heterocycles. The molecule has 1 aromatic carbocycles. The van der Waals surface area contributed by atoms with Crippen molar-refractivity contribution in [1.29, 1.82) is 0 Å². The minimum Gasteiger partial charge on any atom is -0.355 e. The fraction of sp³-hybridized carbons (Fsp3) is 0.438. The van der Waals surface area contributed by atoms with E-state index in [2.05, 4.69) is 25.8 Å². The summed E-state index contributed by atoms with van der Waals surface area (Å²) in [7, 11) is 1.51. The maximum atomic E-state index is 13.1. The van der Waals surface area contributed by atoms with Crippen LogP contribution in [0.3, 0.4) is 0 Å². The summed E-state index contributed by atoms with van der Waals surface area (Å²) < 4.78 is 54.0. The van der Waals surface area contributed by atoms with Crippen LogP contribution in [0.1, 0.15) is 23.9 Å². The Morgan fingerprint density at radius 2 is 2.00 bits per heavy atom. The molecule has 27 heavy (non-hydrogen) atoms. The Bertz CT molecular complexity index is 760. The number of nitrogens with one attached hydrogen (secondary N) is 2. The summed E-state index contributed by atoms with van der Waals surface area (Å²) in [5.41, 5.74) is -1.06. The van der Waals surface area contributed by atoms with Gasteiger partial charge in [0.25, 0.3) is 0 Å². The number of hydrogen-bond donors (Lipinski definition) is 2. The van der Waals surface area contributed by atoms with Crippen LogP contribution in [0, 0.1) is 5.82 Å². The van der Waals surface area contributed by atoms with Crippen molar-refractivity contribution < 1.29 is 17.6 Å². The Kier molecular flexibility index (Phi) is 8.93. The Morgan fingerprint density at radius 3 is 2.63 bits per heavy atom. The second-order valence-electron chi connectivity index (χ2n) is 5.45. The van der Waals surface area contributed by atoms with E-state index in [-0.39, 0.29) is 36.1 Å². The fourth-order valence-electron chi connectivity index (χ4n) is 2.40. The molecule has 0 amide bonds. The molecule has 2 aromatic rings. The van der Waals surface area contributed by atoms with Gasteiger partial charge in [-0.15, -0.1) is 34.2 Å². The molecule has 0 aliphatic carbocycles. The number of rotatable bonds is 6. The van der Waals surface area contributed by atoms with Crippen molar-refractivity contribution in [2.24, 2.45) is 4.99 Å². The highest BCUT2D eigenvalue weighted by Gasteiger charge is 2.33. The third-order valence-electron chi connectivity index (χ3n) is 3.70. The number of alkyl halides is 3. The summed E-state index contributed by atoms with van der Waals surface area (Å²) >= 11 is 0. The first-order chi connectivity index (χ1) is 12.3.